The molecule has 6 atom stereocenters. The first-order chi connectivity index (χ1) is 15.3. The van der Waals surface area contributed by atoms with Gasteiger partial charge in [0.15, 0.2) is 0 Å². The molecule has 0 amide bonds. The predicted molar refractivity (Wildman–Crippen MR) is 126 cm³/mol. The van der Waals surface area contributed by atoms with Crippen LogP contribution in [0.15, 0.2) is 11.3 Å². The first kappa shape index (κ1) is 22.2. The van der Waals surface area contributed by atoms with E-state index in [4.69, 9.17) is 5.73 Å². The first-order valence-corrected chi connectivity index (χ1v) is 13.6. The second kappa shape index (κ2) is 10.1. The van der Waals surface area contributed by atoms with Gasteiger partial charge in [0.05, 0.1) is 0 Å². The van der Waals surface area contributed by atoms with Crippen LogP contribution in [0.5, 0.6) is 0 Å². The van der Waals surface area contributed by atoms with Crippen LogP contribution in [-0.2, 0) is 0 Å². The number of nitrogens with one attached hydrogen (secondary N) is 2. The quantitative estimate of drug-likeness (QED) is 0.496. The molecule has 2 aliphatic heterocycles. The molecule has 5 fully saturated rings. The summed E-state index contributed by atoms with van der Waals surface area (Å²) < 4.78 is 0. The monoisotopic (exact) mass is 430 g/mol. The van der Waals surface area contributed by atoms with Crippen molar-refractivity contribution in [2.45, 2.75) is 95.6 Å². The number of piperidine rings is 2. The third kappa shape index (κ3) is 4.58. The second-order valence-corrected chi connectivity index (χ2v) is 11.4. The van der Waals surface area contributed by atoms with Gasteiger partial charge in [-0.3, -0.25) is 0 Å². The van der Waals surface area contributed by atoms with Gasteiger partial charge in [0.1, 0.15) is 0 Å². The lowest BCUT2D eigenvalue weighted by molar-refractivity contribution is 0.0293. The average Bonchev–Trinajstić information content (AvgIpc) is 2.81. The first-order valence-electron chi connectivity index (χ1n) is 13.6. The molecule has 3 saturated carbocycles. The lowest BCUT2D eigenvalue weighted by Crippen LogP contribution is -2.59. The Morgan fingerprint density at radius 1 is 0.968 bits per heavy atom. The van der Waals surface area contributed by atoms with Gasteiger partial charge >= 0.3 is 0 Å². The van der Waals surface area contributed by atoms with Crippen LogP contribution in [-0.4, -0.2) is 48.4 Å². The molecule has 5 heteroatoms. The summed E-state index contributed by atoms with van der Waals surface area (Å²) in [7, 11) is 0. The number of hydrogen-bond donors (Lipinski definition) is 4. The molecule has 0 bridgehead atoms. The fourth-order valence-electron chi connectivity index (χ4n) is 7.98. The summed E-state index contributed by atoms with van der Waals surface area (Å²) in [5, 5.41) is 13.7. The van der Waals surface area contributed by atoms with E-state index in [0.29, 0.717) is 17.9 Å². The van der Waals surface area contributed by atoms with Gasteiger partial charge < -0.3 is 21.2 Å². The van der Waals surface area contributed by atoms with Gasteiger partial charge in [-0.1, -0.05) is 24.8 Å². The van der Waals surface area contributed by atoms with Crippen molar-refractivity contribution in [2.24, 2.45) is 35.3 Å². The molecule has 2 saturated heterocycles. The molecule has 5 N–H and O–H groups in total. The number of nitrogens with zero attached hydrogens (tertiary/aromatic N) is 1. The number of rotatable bonds is 5. The van der Waals surface area contributed by atoms with E-state index in [0.717, 1.165) is 37.3 Å². The number of likely N-dealkylation sites (tertiary alicyclic amines) is 1. The van der Waals surface area contributed by atoms with Crippen molar-refractivity contribution >= 4 is 0 Å². The van der Waals surface area contributed by atoms with E-state index in [1.807, 2.05) is 0 Å². The van der Waals surface area contributed by atoms with Crippen LogP contribution in [0.2, 0.25) is 0 Å². The number of nitrogens with two attached hydrogens (primary N) is 1. The standard InChI is InChI=1S/C26H46N4O/c27-17-18-4-1-7-21(16-18)19-11-14-30(15-12-19)26(20-5-2-6-20)23-9-3-8-22-24(29-31)10-13-28-25(22)23/h18-19,21-25,28-29,31H,1-17,27H2. The third-order valence-corrected chi connectivity index (χ3v) is 9.84. The van der Waals surface area contributed by atoms with E-state index in [1.165, 1.54) is 90.1 Å². The zero-order chi connectivity index (χ0) is 21.2. The molecule has 3 aliphatic carbocycles. The Bertz CT molecular complexity index is 623. The van der Waals surface area contributed by atoms with Gasteiger partial charge in [-0.25, -0.2) is 5.48 Å². The molecule has 0 aromatic rings. The predicted octanol–water partition coefficient (Wildman–Crippen LogP) is 4.03. The smallest absolute Gasteiger partial charge is 0.0375 e. The molecule has 0 radical (unpaired) electrons. The van der Waals surface area contributed by atoms with Gasteiger partial charge in [0, 0.05) is 36.8 Å². The lowest BCUT2D eigenvalue weighted by Gasteiger charge is -2.50. The minimum Gasteiger partial charge on any atom is -0.375 e. The topological polar surface area (TPSA) is 73.5 Å². The van der Waals surface area contributed by atoms with Crippen molar-refractivity contribution in [3.63, 3.8) is 0 Å². The summed E-state index contributed by atoms with van der Waals surface area (Å²) in [6.07, 6.45) is 17.3. The van der Waals surface area contributed by atoms with Crippen molar-refractivity contribution < 1.29 is 5.21 Å². The number of fused-ring (bicyclic) bond motifs is 1. The Balaban J connectivity index is 1.27. The van der Waals surface area contributed by atoms with Gasteiger partial charge in [-0.15, -0.1) is 0 Å². The van der Waals surface area contributed by atoms with E-state index in [2.05, 4.69) is 15.7 Å². The third-order valence-electron chi connectivity index (χ3n) is 9.84. The number of hydrogen-bond acceptors (Lipinski definition) is 5. The molecule has 31 heavy (non-hydrogen) atoms. The average molecular weight is 431 g/mol. The summed E-state index contributed by atoms with van der Waals surface area (Å²) in [6.45, 7) is 4.46. The Hall–Kier alpha value is -0.620. The maximum atomic E-state index is 9.75. The summed E-state index contributed by atoms with van der Waals surface area (Å²) in [5.41, 5.74) is 12.2. The fourth-order valence-corrected chi connectivity index (χ4v) is 7.98. The summed E-state index contributed by atoms with van der Waals surface area (Å²) >= 11 is 0. The highest BCUT2D eigenvalue weighted by Crippen LogP contribution is 2.45. The molecule has 0 aromatic carbocycles. The van der Waals surface area contributed by atoms with Crippen LogP contribution in [0.1, 0.15) is 83.5 Å². The Morgan fingerprint density at radius 2 is 1.77 bits per heavy atom. The Kier molecular flexibility index (Phi) is 7.24. The van der Waals surface area contributed by atoms with E-state index >= 15 is 0 Å². The molecule has 176 valence electrons. The number of hydroxylamine groups is 1. The molecule has 5 aliphatic rings. The summed E-state index contributed by atoms with van der Waals surface area (Å²) in [6, 6.07) is 0.811. The van der Waals surface area contributed by atoms with E-state index < -0.39 is 0 Å². The van der Waals surface area contributed by atoms with Gasteiger partial charge in [-0.2, -0.15) is 0 Å². The van der Waals surface area contributed by atoms with E-state index in [-0.39, 0.29) is 6.04 Å². The van der Waals surface area contributed by atoms with Crippen LogP contribution >= 0.6 is 0 Å². The molecular formula is C26H46N4O. The molecule has 0 aromatic heterocycles. The lowest BCUT2D eigenvalue weighted by atomic mass is 9.67. The van der Waals surface area contributed by atoms with Crippen molar-refractivity contribution in [1.82, 2.24) is 15.7 Å². The summed E-state index contributed by atoms with van der Waals surface area (Å²) in [4.78, 5) is 2.83. The fraction of sp³-hybridized carbons (Fsp3) is 0.923. The SMILES string of the molecule is NCC1CCCC(C2CCN(C(=C3CCC3)C3CCCC4C(NO)CCNC34)CC2)C1. The highest BCUT2D eigenvalue weighted by molar-refractivity contribution is 5.25. The maximum absolute atomic E-state index is 9.75. The largest absolute Gasteiger partial charge is 0.375 e. The Labute approximate surface area is 189 Å². The van der Waals surface area contributed by atoms with Crippen molar-refractivity contribution in [1.29, 1.82) is 0 Å². The maximum Gasteiger partial charge on any atom is 0.0375 e. The normalized spacial score (nSPS) is 39.7. The zero-order valence-electron chi connectivity index (χ0n) is 19.5. The van der Waals surface area contributed by atoms with E-state index in [1.54, 1.807) is 11.3 Å². The van der Waals surface area contributed by atoms with Gasteiger partial charge in [0.2, 0.25) is 0 Å². The number of allylic oxidation sites excluding steroid dienone is 1. The molecule has 6 unspecified atom stereocenters. The van der Waals surface area contributed by atoms with Crippen LogP contribution in [0.25, 0.3) is 0 Å². The molecule has 2 heterocycles. The van der Waals surface area contributed by atoms with Crippen molar-refractivity contribution in [3.05, 3.63) is 11.3 Å². The van der Waals surface area contributed by atoms with Crippen LogP contribution in [0, 0.1) is 29.6 Å². The van der Waals surface area contributed by atoms with Crippen molar-refractivity contribution in [3.8, 4) is 0 Å². The summed E-state index contributed by atoms with van der Waals surface area (Å²) in [5.74, 6) is 3.86. The molecule has 0 spiro atoms. The minimum absolute atomic E-state index is 0.272. The molecule has 5 rings (SSSR count). The van der Waals surface area contributed by atoms with Crippen LogP contribution in [0.3, 0.4) is 0 Å². The Morgan fingerprint density at radius 3 is 2.48 bits per heavy atom. The highest BCUT2D eigenvalue weighted by Gasteiger charge is 2.44. The van der Waals surface area contributed by atoms with E-state index in [9.17, 15) is 5.21 Å². The molecular weight excluding hydrogens is 384 g/mol. The van der Waals surface area contributed by atoms with Gasteiger partial charge in [0.25, 0.3) is 0 Å². The molecule has 5 nitrogen and oxygen atoms in total. The minimum atomic E-state index is 0.272. The van der Waals surface area contributed by atoms with Crippen molar-refractivity contribution in [2.75, 3.05) is 26.2 Å². The van der Waals surface area contributed by atoms with Gasteiger partial charge in [-0.05, 0) is 101 Å². The highest BCUT2D eigenvalue weighted by atomic mass is 16.5. The van der Waals surface area contributed by atoms with Crippen LogP contribution < -0.4 is 16.5 Å². The van der Waals surface area contributed by atoms with Crippen LogP contribution in [0.4, 0.5) is 0 Å². The second-order valence-electron chi connectivity index (χ2n) is 11.4. The zero-order valence-corrected chi connectivity index (χ0v) is 19.5.